The number of rotatable bonds is 5. The Bertz CT molecular complexity index is 853. The molecule has 1 N–H and O–H groups in total. The predicted octanol–water partition coefficient (Wildman–Crippen LogP) is 4.58. The number of likely N-dealkylation sites (tertiary alicyclic amines) is 1. The Morgan fingerprint density at radius 3 is 2.26 bits per heavy atom. The minimum Gasteiger partial charge on any atom is -0.372 e. The summed E-state index contributed by atoms with van der Waals surface area (Å²) < 4.78 is 84.4. The van der Waals surface area contributed by atoms with Crippen molar-refractivity contribution < 1.29 is 31.1 Å². The minimum atomic E-state index is -4.89. The smallest absolute Gasteiger partial charge is 0.372 e. The molecule has 1 aromatic heterocycles. The van der Waals surface area contributed by atoms with Crippen LogP contribution in [0.15, 0.2) is 18.2 Å². The van der Waals surface area contributed by atoms with Crippen molar-refractivity contribution in [3.8, 4) is 0 Å². The molecule has 1 aromatic carbocycles. The monoisotopic (exact) mass is 451 g/mol. The Labute approximate surface area is 175 Å². The fraction of sp³-hybridized carbons (Fsp3) is 0.632. The molecule has 0 bridgehead atoms. The number of halogens is 6. The van der Waals surface area contributed by atoms with Gasteiger partial charge in [-0.3, -0.25) is 4.90 Å². The Morgan fingerprint density at radius 2 is 1.77 bits per heavy atom. The standard InChI is InChI=1S/C19H23F6N5O/c1-11(13-6-14(18(20,21)22)8-15(7-13)19(23,24)25)31-10-17(2)5-4-12(9-30(17)3)16-26-28-29-27-16/h6-8,11-12H,4-5,9-10H2,1-3H3,(H,26,27,28,29)/t11-,12?,17-/m1/s1. The first-order valence-electron chi connectivity index (χ1n) is 9.65. The normalized spacial score (nSPS) is 24.4. The molecule has 31 heavy (non-hydrogen) atoms. The Balaban J connectivity index is 1.72. The second-order valence-corrected chi connectivity index (χ2v) is 8.18. The number of hydrogen-bond donors (Lipinski definition) is 1. The van der Waals surface area contributed by atoms with Gasteiger partial charge < -0.3 is 4.74 Å². The van der Waals surface area contributed by atoms with Crippen LogP contribution in [0.3, 0.4) is 0 Å². The van der Waals surface area contributed by atoms with Crippen LogP contribution in [-0.2, 0) is 17.1 Å². The lowest BCUT2D eigenvalue weighted by Gasteiger charge is -2.45. The van der Waals surface area contributed by atoms with E-state index in [4.69, 9.17) is 4.74 Å². The summed E-state index contributed by atoms with van der Waals surface area (Å²) in [5, 5.41) is 14.0. The maximum Gasteiger partial charge on any atom is 0.416 e. The van der Waals surface area contributed by atoms with Gasteiger partial charge in [0.2, 0.25) is 0 Å². The number of alkyl halides is 6. The molecule has 2 heterocycles. The number of hydrogen-bond acceptors (Lipinski definition) is 5. The SMILES string of the molecule is C[C@@H](OC[C@@]1(C)CCC(c2nn[nH]n2)CN1C)c1cc(C(F)(F)F)cc(C(F)(F)F)c1. The number of aromatic amines is 1. The first kappa shape index (κ1) is 23.5. The number of nitrogens with one attached hydrogen (secondary N) is 1. The van der Waals surface area contributed by atoms with Gasteiger partial charge in [0.15, 0.2) is 5.82 Å². The Morgan fingerprint density at radius 1 is 1.16 bits per heavy atom. The van der Waals surface area contributed by atoms with Gasteiger partial charge in [0.25, 0.3) is 0 Å². The number of H-pyrrole nitrogens is 1. The Kier molecular flexibility index (Phi) is 6.34. The van der Waals surface area contributed by atoms with Crippen LogP contribution in [0.5, 0.6) is 0 Å². The average Bonchev–Trinajstić information content (AvgIpc) is 3.21. The summed E-state index contributed by atoms with van der Waals surface area (Å²) in [7, 11) is 1.88. The summed E-state index contributed by atoms with van der Waals surface area (Å²) in [5.41, 5.74) is -3.31. The van der Waals surface area contributed by atoms with Gasteiger partial charge in [-0.15, -0.1) is 10.2 Å². The lowest BCUT2D eigenvalue weighted by molar-refractivity contribution is -0.143. The second-order valence-electron chi connectivity index (χ2n) is 8.18. The van der Waals surface area contributed by atoms with E-state index in [1.807, 2.05) is 18.9 Å². The van der Waals surface area contributed by atoms with Gasteiger partial charge in [-0.25, -0.2) is 0 Å². The van der Waals surface area contributed by atoms with E-state index in [9.17, 15) is 26.3 Å². The molecule has 1 unspecified atom stereocenters. The first-order valence-corrected chi connectivity index (χ1v) is 9.65. The number of aromatic nitrogens is 4. The number of ether oxygens (including phenoxy) is 1. The molecule has 0 amide bonds. The van der Waals surface area contributed by atoms with Crippen molar-refractivity contribution in [1.29, 1.82) is 0 Å². The maximum atomic E-state index is 13.1. The van der Waals surface area contributed by atoms with Crippen LogP contribution in [0.1, 0.15) is 61.2 Å². The summed E-state index contributed by atoms with van der Waals surface area (Å²) >= 11 is 0. The van der Waals surface area contributed by atoms with E-state index in [1.165, 1.54) is 6.92 Å². The fourth-order valence-electron chi connectivity index (χ4n) is 3.67. The van der Waals surface area contributed by atoms with Crippen LogP contribution < -0.4 is 0 Å². The maximum absolute atomic E-state index is 13.1. The molecule has 0 aliphatic carbocycles. The van der Waals surface area contributed by atoms with E-state index in [0.29, 0.717) is 30.9 Å². The van der Waals surface area contributed by atoms with E-state index in [1.54, 1.807) is 0 Å². The third-order valence-electron chi connectivity index (χ3n) is 5.90. The average molecular weight is 451 g/mol. The fourth-order valence-corrected chi connectivity index (χ4v) is 3.67. The van der Waals surface area contributed by atoms with Gasteiger partial charge in [-0.1, -0.05) is 5.21 Å². The molecule has 1 aliphatic rings. The third-order valence-corrected chi connectivity index (χ3v) is 5.90. The van der Waals surface area contributed by atoms with Gasteiger partial charge >= 0.3 is 12.4 Å². The molecule has 6 nitrogen and oxygen atoms in total. The van der Waals surface area contributed by atoms with E-state index in [2.05, 4.69) is 20.6 Å². The van der Waals surface area contributed by atoms with Gasteiger partial charge in [-0.05, 0) is 57.5 Å². The quantitative estimate of drug-likeness (QED) is 0.674. The topological polar surface area (TPSA) is 66.9 Å². The highest BCUT2D eigenvalue weighted by molar-refractivity contribution is 5.34. The number of benzene rings is 1. The van der Waals surface area contributed by atoms with E-state index in [-0.39, 0.29) is 24.2 Å². The highest BCUT2D eigenvalue weighted by Crippen LogP contribution is 2.39. The van der Waals surface area contributed by atoms with Crippen molar-refractivity contribution in [2.75, 3.05) is 20.2 Å². The van der Waals surface area contributed by atoms with Crippen molar-refractivity contribution in [1.82, 2.24) is 25.5 Å². The molecule has 1 aliphatic heterocycles. The summed E-state index contributed by atoms with van der Waals surface area (Å²) in [6, 6.07) is 1.53. The van der Waals surface area contributed by atoms with Crippen molar-refractivity contribution in [2.45, 2.75) is 56.6 Å². The summed E-state index contributed by atoms with van der Waals surface area (Å²) in [5.74, 6) is 0.680. The highest BCUT2D eigenvalue weighted by Gasteiger charge is 2.39. The van der Waals surface area contributed by atoms with Gasteiger partial charge in [0.1, 0.15) is 0 Å². The molecule has 172 valence electrons. The van der Waals surface area contributed by atoms with Gasteiger partial charge in [-0.2, -0.15) is 31.6 Å². The second kappa shape index (κ2) is 8.38. The molecule has 12 heteroatoms. The zero-order valence-electron chi connectivity index (χ0n) is 17.2. The Hall–Kier alpha value is -2.21. The number of nitrogens with zero attached hydrogens (tertiary/aromatic N) is 4. The molecule has 0 spiro atoms. The summed E-state index contributed by atoms with van der Waals surface area (Å²) in [4.78, 5) is 2.04. The molecular formula is C19H23F6N5O. The molecular weight excluding hydrogens is 428 g/mol. The molecule has 0 radical (unpaired) electrons. The van der Waals surface area contributed by atoms with Crippen LogP contribution >= 0.6 is 0 Å². The largest absolute Gasteiger partial charge is 0.416 e. The van der Waals surface area contributed by atoms with Crippen molar-refractivity contribution in [3.63, 3.8) is 0 Å². The van der Waals surface area contributed by atoms with Crippen LogP contribution in [0.25, 0.3) is 0 Å². The van der Waals surface area contributed by atoms with Gasteiger partial charge in [0.05, 0.1) is 23.8 Å². The molecule has 0 saturated carbocycles. The van der Waals surface area contributed by atoms with Crippen LogP contribution in [0, 0.1) is 0 Å². The zero-order chi connectivity index (χ0) is 23.0. The van der Waals surface area contributed by atoms with E-state index >= 15 is 0 Å². The van der Waals surface area contributed by atoms with Gasteiger partial charge in [0, 0.05) is 18.0 Å². The lowest BCUT2D eigenvalue weighted by atomic mass is 9.84. The zero-order valence-corrected chi connectivity index (χ0v) is 17.2. The van der Waals surface area contributed by atoms with Crippen LogP contribution in [-0.4, -0.2) is 51.3 Å². The van der Waals surface area contributed by atoms with Crippen molar-refractivity contribution >= 4 is 0 Å². The summed E-state index contributed by atoms with van der Waals surface area (Å²) in [6.07, 6.45) is -9.31. The van der Waals surface area contributed by atoms with Crippen molar-refractivity contribution in [3.05, 3.63) is 40.7 Å². The first-order chi connectivity index (χ1) is 14.3. The number of piperidine rings is 1. The number of likely N-dealkylation sites (N-methyl/N-ethyl adjacent to an activating group) is 1. The molecule has 1 fully saturated rings. The lowest BCUT2D eigenvalue weighted by Crippen LogP contribution is -2.52. The summed E-state index contributed by atoms with van der Waals surface area (Å²) in [6.45, 7) is 4.15. The molecule has 3 rings (SSSR count). The minimum absolute atomic E-state index is 0.0760. The predicted molar refractivity (Wildman–Crippen MR) is 98.0 cm³/mol. The van der Waals surface area contributed by atoms with E-state index in [0.717, 1.165) is 6.42 Å². The molecule has 3 atom stereocenters. The number of tetrazole rings is 1. The van der Waals surface area contributed by atoms with Crippen LogP contribution in [0.4, 0.5) is 26.3 Å². The molecule has 1 saturated heterocycles. The van der Waals surface area contributed by atoms with Crippen molar-refractivity contribution in [2.24, 2.45) is 0 Å². The van der Waals surface area contributed by atoms with Crippen LogP contribution in [0.2, 0.25) is 0 Å². The van der Waals surface area contributed by atoms with E-state index < -0.39 is 35.1 Å². The third kappa shape index (κ3) is 5.35. The molecule has 2 aromatic rings. The highest BCUT2D eigenvalue weighted by atomic mass is 19.4.